The molecule has 1 N–H and O–H groups in total. The molecule has 1 atom stereocenters. The number of nitrogens with one attached hydrogen (secondary N) is 1. The van der Waals surface area contributed by atoms with Crippen LogP contribution in [-0.4, -0.2) is 50.8 Å². The molecule has 0 spiro atoms. The molecule has 21 heavy (non-hydrogen) atoms. The Labute approximate surface area is 132 Å². The molecule has 0 aromatic rings. The van der Waals surface area contributed by atoms with E-state index < -0.39 is 0 Å². The van der Waals surface area contributed by atoms with Crippen molar-refractivity contribution < 1.29 is 4.74 Å². The van der Waals surface area contributed by atoms with Crippen LogP contribution in [-0.2, 0) is 4.74 Å². The maximum atomic E-state index is 5.86. The maximum absolute atomic E-state index is 5.86. The Kier molecular flexibility index (Phi) is 10.3. The molecule has 126 valence electrons. The van der Waals surface area contributed by atoms with Crippen LogP contribution in [0.4, 0.5) is 0 Å². The summed E-state index contributed by atoms with van der Waals surface area (Å²) in [5, 5.41) is 3.66. The van der Waals surface area contributed by atoms with Crippen molar-refractivity contribution in [3.63, 3.8) is 0 Å². The van der Waals surface area contributed by atoms with E-state index in [1.54, 1.807) is 0 Å². The van der Waals surface area contributed by atoms with Gasteiger partial charge in [0.2, 0.25) is 0 Å². The molecule has 0 aliphatic carbocycles. The monoisotopic (exact) mass is 298 g/mol. The van der Waals surface area contributed by atoms with Crippen LogP contribution >= 0.6 is 0 Å². The van der Waals surface area contributed by atoms with E-state index in [0.29, 0.717) is 5.41 Å². The lowest BCUT2D eigenvalue weighted by Crippen LogP contribution is -2.49. The summed E-state index contributed by atoms with van der Waals surface area (Å²) < 4.78 is 5.86. The van der Waals surface area contributed by atoms with Crippen LogP contribution in [0, 0.1) is 5.41 Å². The van der Waals surface area contributed by atoms with Crippen LogP contribution in [0.2, 0.25) is 0 Å². The standard InChI is InChI=1S/C18H38N2O/c1-4-7-12-20(13-8-5-2)16-18(15-19-11-6-3)10-9-14-21-17-18/h19H,4-17H2,1-3H3. The highest BCUT2D eigenvalue weighted by atomic mass is 16.5. The fourth-order valence-corrected chi connectivity index (χ4v) is 3.27. The van der Waals surface area contributed by atoms with Gasteiger partial charge < -0.3 is 15.0 Å². The molecule has 1 fully saturated rings. The van der Waals surface area contributed by atoms with Crippen LogP contribution in [0.15, 0.2) is 0 Å². The number of hydrogen-bond donors (Lipinski definition) is 1. The highest BCUT2D eigenvalue weighted by Crippen LogP contribution is 2.29. The van der Waals surface area contributed by atoms with Crippen molar-refractivity contribution in [3.8, 4) is 0 Å². The summed E-state index contributed by atoms with van der Waals surface area (Å²) in [6.07, 6.45) is 8.99. The van der Waals surface area contributed by atoms with E-state index in [1.165, 1.54) is 64.6 Å². The second-order valence-electron chi connectivity index (χ2n) is 6.82. The minimum Gasteiger partial charge on any atom is -0.381 e. The topological polar surface area (TPSA) is 24.5 Å². The van der Waals surface area contributed by atoms with Crippen molar-refractivity contribution in [2.24, 2.45) is 5.41 Å². The largest absolute Gasteiger partial charge is 0.381 e. The average molecular weight is 299 g/mol. The Morgan fingerprint density at radius 2 is 1.76 bits per heavy atom. The highest BCUT2D eigenvalue weighted by Gasteiger charge is 2.34. The molecule has 1 aliphatic rings. The quantitative estimate of drug-likeness (QED) is 0.556. The Morgan fingerprint density at radius 3 is 2.29 bits per heavy atom. The Balaban J connectivity index is 2.56. The molecule has 1 aliphatic heterocycles. The van der Waals surface area contributed by atoms with Crippen LogP contribution < -0.4 is 5.32 Å². The van der Waals surface area contributed by atoms with Crippen molar-refractivity contribution in [1.29, 1.82) is 0 Å². The lowest BCUT2D eigenvalue weighted by molar-refractivity contribution is -0.0265. The molecule has 1 saturated heterocycles. The molecule has 0 radical (unpaired) electrons. The van der Waals surface area contributed by atoms with Crippen molar-refractivity contribution >= 4 is 0 Å². The van der Waals surface area contributed by atoms with Crippen molar-refractivity contribution in [2.75, 3.05) is 45.9 Å². The van der Waals surface area contributed by atoms with Crippen molar-refractivity contribution in [1.82, 2.24) is 10.2 Å². The van der Waals surface area contributed by atoms with Gasteiger partial charge in [-0.25, -0.2) is 0 Å². The highest BCUT2D eigenvalue weighted by molar-refractivity contribution is 4.87. The first-order valence-electron chi connectivity index (χ1n) is 9.27. The van der Waals surface area contributed by atoms with E-state index in [0.717, 1.165) is 26.3 Å². The van der Waals surface area contributed by atoms with E-state index in [4.69, 9.17) is 4.74 Å². The van der Waals surface area contributed by atoms with Crippen LogP contribution in [0.25, 0.3) is 0 Å². The fraction of sp³-hybridized carbons (Fsp3) is 1.00. The SMILES string of the molecule is CCCCN(CCCC)CC1(CNCCC)CCCOC1. The first-order valence-corrected chi connectivity index (χ1v) is 9.27. The van der Waals surface area contributed by atoms with E-state index >= 15 is 0 Å². The first-order chi connectivity index (χ1) is 10.3. The minimum absolute atomic E-state index is 0.342. The van der Waals surface area contributed by atoms with Gasteiger partial charge in [-0.2, -0.15) is 0 Å². The van der Waals surface area contributed by atoms with Crippen LogP contribution in [0.3, 0.4) is 0 Å². The number of unbranched alkanes of at least 4 members (excludes halogenated alkanes) is 2. The van der Waals surface area contributed by atoms with E-state index in [2.05, 4.69) is 31.0 Å². The summed E-state index contributed by atoms with van der Waals surface area (Å²) in [7, 11) is 0. The third-order valence-electron chi connectivity index (χ3n) is 4.55. The zero-order valence-electron chi connectivity index (χ0n) is 14.8. The molecule has 0 bridgehead atoms. The predicted octanol–water partition coefficient (Wildman–Crippen LogP) is 3.69. The average Bonchev–Trinajstić information content (AvgIpc) is 2.51. The van der Waals surface area contributed by atoms with E-state index in [1.807, 2.05) is 0 Å². The molecule has 1 unspecified atom stereocenters. The summed E-state index contributed by atoms with van der Waals surface area (Å²) in [4.78, 5) is 2.70. The van der Waals surface area contributed by atoms with Gasteiger partial charge in [-0.15, -0.1) is 0 Å². The molecule has 0 saturated carbocycles. The predicted molar refractivity (Wildman–Crippen MR) is 91.9 cm³/mol. The number of ether oxygens (including phenoxy) is 1. The van der Waals surface area contributed by atoms with E-state index in [9.17, 15) is 0 Å². The van der Waals surface area contributed by atoms with Crippen molar-refractivity contribution in [2.45, 2.75) is 65.7 Å². The summed E-state index contributed by atoms with van der Waals surface area (Å²) in [5.74, 6) is 0. The third kappa shape index (κ3) is 7.62. The fourth-order valence-electron chi connectivity index (χ4n) is 3.27. The molecule has 1 heterocycles. The Bertz CT molecular complexity index is 231. The molecule has 0 aromatic carbocycles. The second kappa shape index (κ2) is 11.4. The number of hydrogen-bond acceptors (Lipinski definition) is 3. The third-order valence-corrected chi connectivity index (χ3v) is 4.55. The molecule has 0 amide bonds. The van der Waals surface area contributed by atoms with Gasteiger partial charge in [0.15, 0.2) is 0 Å². The molecular weight excluding hydrogens is 260 g/mol. The van der Waals surface area contributed by atoms with Gasteiger partial charge in [0.25, 0.3) is 0 Å². The molecule has 1 rings (SSSR count). The van der Waals surface area contributed by atoms with Crippen LogP contribution in [0.1, 0.15) is 65.7 Å². The smallest absolute Gasteiger partial charge is 0.0546 e. The molecular formula is C18H38N2O. The second-order valence-corrected chi connectivity index (χ2v) is 6.82. The van der Waals surface area contributed by atoms with Crippen LogP contribution in [0.5, 0.6) is 0 Å². The summed E-state index contributed by atoms with van der Waals surface area (Å²) in [6, 6.07) is 0. The zero-order valence-corrected chi connectivity index (χ0v) is 14.8. The van der Waals surface area contributed by atoms with Gasteiger partial charge in [-0.1, -0.05) is 33.6 Å². The molecule has 0 aromatic heterocycles. The minimum atomic E-state index is 0.342. The lowest BCUT2D eigenvalue weighted by Gasteiger charge is -2.41. The van der Waals surface area contributed by atoms with Gasteiger partial charge in [-0.3, -0.25) is 0 Å². The normalized spacial score (nSPS) is 22.9. The maximum Gasteiger partial charge on any atom is 0.0546 e. The van der Waals surface area contributed by atoms with Crippen molar-refractivity contribution in [3.05, 3.63) is 0 Å². The van der Waals surface area contributed by atoms with Gasteiger partial charge >= 0.3 is 0 Å². The van der Waals surface area contributed by atoms with E-state index in [-0.39, 0.29) is 0 Å². The van der Waals surface area contributed by atoms with Gasteiger partial charge in [0, 0.05) is 25.1 Å². The first kappa shape index (κ1) is 18.9. The molecule has 3 nitrogen and oxygen atoms in total. The number of nitrogens with zero attached hydrogens (tertiary/aromatic N) is 1. The zero-order chi connectivity index (χ0) is 15.4. The Morgan fingerprint density at radius 1 is 1.05 bits per heavy atom. The molecule has 3 heteroatoms. The Hall–Kier alpha value is -0.120. The summed E-state index contributed by atoms with van der Waals surface area (Å²) in [6.45, 7) is 14.7. The number of rotatable bonds is 12. The van der Waals surface area contributed by atoms with Gasteiger partial charge in [0.1, 0.15) is 0 Å². The summed E-state index contributed by atoms with van der Waals surface area (Å²) in [5.41, 5.74) is 0.342. The van der Waals surface area contributed by atoms with Gasteiger partial charge in [0.05, 0.1) is 6.61 Å². The van der Waals surface area contributed by atoms with Gasteiger partial charge in [-0.05, 0) is 51.7 Å². The lowest BCUT2D eigenvalue weighted by atomic mass is 9.81. The summed E-state index contributed by atoms with van der Waals surface area (Å²) >= 11 is 0.